The fourth-order valence-electron chi connectivity index (χ4n) is 2.97. The summed E-state index contributed by atoms with van der Waals surface area (Å²) in [5.74, 6) is -0.763. The first-order valence-corrected chi connectivity index (χ1v) is 8.22. The summed E-state index contributed by atoms with van der Waals surface area (Å²) in [4.78, 5) is 24.7. The smallest absolute Gasteiger partial charge is 0.256 e. The molecule has 1 aromatic carbocycles. The first-order chi connectivity index (χ1) is 13.0. The molecule has 0 unspecified atom stereocenters. The predicted molar refractivity (Wildman–Crippen MR) is 91.3 cm³/mol. The van der Waals surface area contributed by atoms with Crippen LogP contribution in [0, 0.1) is 5.82 Å². The highest BCUT2D eigenvalue weighted by Gasteiger charge is 2.42. The predicted octanol–water partition coefficient (Wildman–Crippen LogP) is 0.857. The van der Waals surface area contributed by atoms with E-state index in [4.69, 9.17) is 4.74 Å². The lowest BCUT2D eigenvalue weighted by molar-refractivity contribution is -0.0299. The van der Waals surface area contributed by atoms with Crippen molar-refractivity contribution in [3.05, 3.63) is 48.3 Å². The van der Waals surface area contributed by atoms with E-state index in [1.54, 1.807) is 6.92 Å². The van der Waals surface area contributed by atoms with Crippen LogP contribution in [0.25, 0.3) is 11.2 Å². The number of aliphatic hydroxyl groups is 2. The number of carbonyl (C=O) groups is 1. The quantitative estimate of drug-likeness (QED) is 0.622. The maximum atomic E-state index is 13.0. The molecule has 0 bridgehead atoms. The summed E-state index contributed by atoms with van der Waals surface area (Å²) in [6, 6.07) is 5.08. The van der Waals surface area contributed by atoms with Crippen LogP contribution >= 0.6 is 0 Å². The van der Waals surface area contributed by atoms with E-state index in [0.29, 0.717) is 5.65 Å². The third-order valence-electron chi connectivity index (χ3n) is 4.45. The van der Waals surface area contributed by atoms with Gasteiger partial charge in [0.25, 0.3) is 5.91 Å². The summed E-state index contributed by atoms with van der Waals surface area (Å²) in [6.07, 6.45) is -0.970. The van der Waals surface area contributed by atoms with Crippen molar-refractivity contribution in [2.75, 3.05) is 5.32 Å². The average molecular weight is 373 g/mol. The van der Waals surface area contributed by atoms with Gasteiger partial charge in [-0.25, -0.2) is 19.3 Å². The van der Waals surface area contributed by atoms with Gasteiger partial charge in [-0.1, -0.05) is 0 Å². The molecule has 4 rings (SSSR count). The number of fused-ring (bicyclic) bond motifs is 1. The van der Waals surface area contributed by atoms with Crippen molar-refractivity contribution in [1.82, 2.24) is 19.5 Å². The average Bonchev–Trinajstić information content (AvgIpc) is 3.19. The van der Waals surface area contributed by atoms with Gasteiger partial charge in [0.15, 0.2) is 23.2 Å². The maximum absolute atomic E-state index is 13.0. The van der Waals surface area contributed by atoms with Gasteiger partial charge < -0.3 is 20.3 Å². The van der Waals surface area contributed by atoms with E-state index in [1.165, 1.54) is 41.5 Å². The van der Waals surface area contributed by atoms with Crippen molar-refractivity contribution in [3.8, 4) is 0 Å². The summed E-state index contributed by atoms with van der Waals surface area (Å²) >= 11 is 0. The SMILES string of the molecule is C[C@H]1O[C@@H](n2cnc3c(NC(=O)c4ccc(F)cc4)ncnc32)[C@H](O)[C@@H]1O. The molecule has 3 heterocycles. The first-order valence-electron chi connectivity index (χ1n) is 8.22. The van der Waals surface area contributed by atoms with Crippen LogP contribution in [0.5, 0.6) is 0 Å². The molecule has 4 atom stereocenters. The van der Waals surface area contributed by atoms with Gasteiger partial charge in [-0.05, 0) is 31.2 Å². The molecular formula is C17H16FN5O4. The van der Waals surface area contributed by atoms with E-state index in [9.17, 15) is 19.4 Å². The molecule has 1 aliphatic heterocycles. The Labute approximate surface area is 152 Å². The Morgan fingerprint density at radius 2 is 1.93 bits per heavy atom. The highest BCUT2D eigenvalue weighted by molar-refractivity contribution is 6.06. The molecule has 1 amide bonds. The highest BCUT2D eigenvalue weighted by atomic mass is 19.1. The Balaban J connectivity index is 1.65. The second kappa shape index (κ2) is 6.65. The molecule has 9 nitrogen and oxygen atoms in total. The number of nitrogens with one attached hydrogen (secondary N) is 1. The van der Waals surface area contributed by atoms with E-state index >= 15 is 0 Å². The minimum absolute atomic E-state index is 0.161. The van der Waals surface area contributed by atoms with Gasteiger partial charge in [0.2, 0.25) is 0 Å². The summed E-state index contributed by atoms with van der Waals surface area (Å²) in [5, 5.41) is 22.7. The number of carbonyl (C=O) groups excluding carboxylic acids is 1. The topological polar surface area (TPSA) is 122 Å². The molecule has 27 heavy (non-hydrogen) atoms. The lowest BCUT2D eigenvalue weighted by Crippen LogP contribution is -2.30. The minimum Gasteiger partial charge on any atom is -0.388 e. The van der Waals surface area contributed by atoms with Crippen LogP contribution in [0.1, 0.15) is 23.5 Å². The zero-order chi connectivity index (χ0) is 19.1. The zero-order valence-corrected chi connectivity index (χ0v) is 14.2. The number of rotatable bonds is 3. The summed E-state index contributed by atoms with van der Waals surface area (Å²) in [6.45, 7) is 1.65. The number of aromatic nitrogens is 4. The normalized spacial score (nSPS) is 25.0. The van der Waals surface area contributed by atoms with Crippen LogP contribution < -0.4 is 5.32 Å². The summed E-state index contributed by atoms with van der Waals surface area (Å²) in [7, 11) is 0. The fourth-order valence-corrected chi connectivity index (χ4v) is 2.97. The van der Waals surface area contributed by atoms with Crippen molar-refractivity contribution >= 4 is 22.9 Å². The van der Waals surface area contributed by atoms with E-state index in [2.05, 4.69) is 20.3 Å². The second-order valence-electron chi connectivity index (χ2n) is 6.22. The minimum atomic E-state index is -1.15. The summed E-state index contributed by atoms with van der Waals surface area (Å²) < 4.78 is 20.1. The standard InChI is InChI=1S/C17H16FN5O4/c1-8-12(24)13(25)17(27-8)23-7-21-11-14(19-6-20-15(11)23)22-16(26)9-2-4-10(18)5-3-9/h2-8,12-13,17,24-25H,1H3,(H,19,20,22,26)/t8-,12-,13-,17-/m1/s1. The van der Waals surface area contributed by atoms with Gasteiger partial charge >= 0.3 is 0 Å². The molecule has 3 aromatic rings. The molecule has 3 N–H and O–H groups in total. The van der Waals surface area contributed by atoms with Gasteiger partial charge in [0, 0.05) is 5.56 Å². The number of anilines is 1. The molecule has 1 fully saturated rings. The van der Waals surface area contributed by atoms with Crippen molar-refractivity contribution in [2.45, 2.75) is 31.5 Å². The lowest BCUT2D eigenvalue weighted by Gasteiger charge is -2.16. The number of amides is 1. The molecular weight excluding hydrogens is 357 g/mol. The Hall–Kier alpha value is -2.95. The van der Waals surface area contributed by atoms with Crippen molar-refractivity contribution in [1.29, 1.82) is 0 Å². The number of nitrogens with zero attached hydrogens (tertiary/aromatic N) is 4. The lowest BCUT2D eigenvalue weighted by atomic mass is 10.1. The maximum Gasteiger partial charge on any atom is 0.256 e. The van der Waals surface area contributed by atoms with Crippen molar-refractivity contribution in [3.63, 3.8) is 0 Å². The zero-order valence-electron chi connectivity index (χ0n) is 14.2. The number of benzene rings is 1. The Morgan fingerprint density at radius 1 is 1.19 bits per heavy atom. The van der Waals surface area contributed by atoms with Crippen LogP contribution in [0.3, 0.4) is 0 Å². The van der Waals surface area contributed by atoms with Gasteiger partial charge in [-0.15, -0.1) is 0 Å². The highest BCUT2D eigenvalue weighted by Crippen LogP contribution is 2.32. The number of hydrogen-bond acceptors (Lipinski definition) is 7. The monoisotopic (exact) mass is 373 g/mol. The molecule has 0 spiro atoms. The molecule has 10 heteroatoms. The largest absolute Gasteiger partial charge is 0.388 e. The Bertz CT molecular complexity index is 993. The molecule has 2 aromatic heterocycles. The number of halogens is 1. The number of aliphatic hydroxyl groups excluding tert-OH is 2. The van der Waals surface area contributed by atoms with E-state index in [-0.39, 0.29) is 16.9 Å². The molecule has 0 saturated carbocycles. The molecule has 0 radical (unpaired) electrons. The molecule has 140 valence electrons. The first kappa shape index (κ1) is 17.5. The third kappa shape index (κ3) is 3.03. The van der Waals surface area contributed by atoms with Crippen LogP contribution in [0.15, 0.2) is 36.9 Å². The van der Waals surface area contributed by atoms with Crippen LogP contribution in [-0.4, -0.2) is 54.0 Å². The van der Waals surface area contributed by atoms with Crippen molar-refractivity contribution < 1.29 is 24.1 Å². The van der Waals surface area contributed by atoms with Crippen LogP contribution in [-0.2, 0) is 4.74 Å². The molecule has 1 aliphatic rings. The molecule has 1 saturated heterocycles. The Morgan fingerprint density at radius 3 is 2.59 bits per heavy atom. The van der Waals surface area contributed by atoms with Gasteiger partial charge in [-0.2, -0.15) is 0 Å². The molecule has 0 aliphatic carbocycles. The van der Waals surface area contributed by atoms with Gasteiger partial charge in [0.05, 0.1) is 12.4 Å². The Kier molecular flexibility index (Phi) is 4.30. The third-order valence-corrected chi connectivity index (χ3v) is 4.45. The number of imidazole rings is 1. The van der Waals surface area contributed by atoms with E-state index < -0.39 is 36.3 Å². The van der Waals surface area contributed by atoms with E-state index in [1.807, 2.05) is 0 Å². The van der Waals surface area contributed by atoms with Gasteiger partial charge in [0.1, 0.15) is 24.4 Å². The van der Waals surface area contributed by atoms with Crippen molar-refractivity contribution in [2.24, 2.45) is 0 Å². The fraction of sp³-hybridized carbons (Fsp3) is 0.294. The van der Waals surface area contributed by atoms with Crippen LogP contribution in [0.2, 0.25) is 0 Å². The number of hydrogen-bond donors (Lipinski definition) is 3. The van der Waals surface area contributed by atoms with E-state index in [0.717, 1.165) is 0 Å². The number of ether oxygens (including phenoxy) is 1. The summed E-state index contributed by atoms with van der Waals surface area (Å²) in [5.41, 5.74) is 0.872. The second-order valence-corrected chi connectivity index (χ2v) is 6.22. The van der Waals surface area contributed by atoms with Gasteiger partial charge in [-0.3, -0.25) is 9.36 Å². The van der Waals surface area contributed by atoms with Crippen LogP contribution in [0.4, 0.5) is 10.2 Å².